The Bertz CT molecular complexity index is 518. The standard InChI is InChI=1S/C13H14F2N2O/c1-13(14,15)18-9-11-8-12(17(2)16-11)10-6-4-3-5-7-10/h3-8H,9H2,1-2H3. The molecule has 1 heterocycles. The zero-order chi connectivity index (χ0) is 13.2. The molecule has 18 heavy (non-hydrogen) atoms. The quantitative estimate of drug-likeness (QED) is 0.835. The fraction of sp³-hybridized carbons (Fsp3) is 0.308. The summed E-state index contributed by atoms with van der Waals surface area (Å²) >= 11 is 0. The van der Waals surface area contributed by atoms with Crippen LogP contribution in [0.25, 0.3) is 11.3 Å². The van der Waals surface area contributed by atoms with Crippen molar-refractivity contribution in [1.82, 2.24) is 9.78 Å². The van der Waals surface area contributed by atoms with Gasteiger partial charge in [-0.2, -0.15) is 13.9 Å². The summed E-state index contributed by atoms with van der Waals surface area (Å²) in [7, 11) is 1.77. The molecule has 0 bridgehead atoms. The Kier molecular flexibility index (Phi) is 3.43. The Balaban J connectivity index is 2.18. The molecular formula is C13H14F2N2O. The van der Waals surface area contributed by atoms with Crippen LogP contribution in [0.5, 0.6) is 0 Å². The lowest BCUT2D eigenvalue weighted by atomic mass is 10.1. The number of ether oxygens (including phenoxy) is 1. The van der Waals surface area contributed by atoms with E-state index in [4.69, 9.17) is 0 Å². The lowest BCUT2D eigenvalue weighted by Gasteiger charge is -2.09. The summed E-state index contributed by atoms with van der Waals surface area (Å²) in [5.41, 5.74) is 2.34. The number of benzene rings is 1. The molecule has 1 aromatic carbocycles. The van der Waals surface area contributed by atoms with E-state index in [1.54, 1.807) is 17.8 Å². The minimum atomic E-state index is -3.13. The summed E-state index contributed by atoms with van der Waals surface area (Å²) in [5.74, 6) is 0. The smallest absolute Gasteiger partial charge is 0.314 e. The van der Waals surface area contributed by atoms with Crippen LogP contribution in [0, 0.1) is 0 Å². The molecule has 2 rings (SSSR count). The zero-order valence-corrected chi connectivity index (χ0v) is 10.2. The molecule has 0 atom stereocenters. The van der Waals surface area contributed by atoms with Gasteiger partial charge >= 0.3 is 6.11 Å². The first-order valence-electron chi connectivity index (χ1n) is 5.56. The van der Waals surface area contributed by atoms with Gasteiger partial charge in [0.1, 0.15) is 0 Å². The van der Waals surface area contributed by atoms with E-state index < -0.39 is 6.11 Å². The van der Waals surface area contributed by atoms with E-state index in [0.717, 1.165) is 11.3 Å². The summed E-state index contributed by atoms with van der Waals surface area (Å²) in [5, 5.41) is 4.15. The highest BCUT2D eigenvalue weighted by molar-refractivity contribution is 5.59. The second-order valence-electron chi connectivity index (χ2n) is 4.11. The number of halogens is 2. The van der Waals surface area contributed by atoms with Gasteiger partial charge in [0.05, 0.1) is 18.0 Å². The zero-order valence-electron chi connectivity index (χ0n) is 10.2. The van der Waals surface area contributed by atoms with Crippen LogP contribution in [0.15, 0.2) is 36.4 Å². The van der Waals surface area contributed by atoms with Crippen LogP contribution >= 0.6 is 0 Å². The van der Waals surface area contributed by atoms with Gasteiger partial charge in [0.2, 0.25) is 0 Å². The highest BCUT2D eigenvalue weighted by Gasteiger charge is 2.22. The van der Waals surface area contributed by atoms with Gasteiger partial charge in [-0.25, -0.2) is 0 Å². The monoisotopic (exact) mass is 252 g/mol. The molecule has 0 unspecified atom stereocenters. The lowest BCUT2D eigenvalue weighted by Crippen LogP contribution is -2.15. The first-order chi connectivity index (χ1) is 8.46. The van der Waals surface area contributed by atoms with E-state index in [0.29, 0.717) is 12.6 Å². The molecule has 0 spiro atoms. The van der Waals surface area contributed by atoms with Crippen molar-refractivity contribution >= 4 is 0 Å². The summed E-state index contributed by atoms with van der Waals surface area (Å²) < 4.78 is 31.2. The van der Waals surface area contributed by atoms with Crippen LogP contribution in [-0.4, -0.2) is 15.9 Å². The van der Waals surface area contributed by atoms with Gasteiger partial charge in [0, 0.05) is 14.0 Å². The van der Waals surface area contributed by atoms with E-state index >= 15 is 0 Å². The van der Waals surface area contributed by atoms with Gasteiger partial charge in [0.15, 0.2) is 0 Å². The summed E-state index contributed by atoms with van der Waals surface area (Å²) in [6.45, 7) is 0.512. The maximum Gasteiger partial charge on any atom is 0.353 e. The number of rotatable bonds is 4. The largest absolute Gasteiger partial charge is 0.353 e. The predicted molar refractivity (Wildman–Crippen MR) is 64.1 cm³/mol. The predicted octanol–water partition coefficient (Wildman–Crippen LogP) is 3.22. The van der Waals surface area contributed by atoms with Gasteiger partial charge in [-0.05, 0) is 11.6 Å². The molecule has 0 fully saturated rings. The Morgan fingerprint density at radius 1 is 1.28 bits per heavy atom. The first-order valence-corrected chi connectivity index (χ1v) is 5.56. The fourth-order valence-electron chi connectivity index (χ4n) is 1.68. The Morgan fingerprint density at radius 2 is 1.94 bits per heavy atom. The van der Waals surface area contributed by atoms with Crippen molar-refractivity contribution in [2.45, 2.75) is 19.6 Å². The first kappa shape index (κ1) is 12.7. The van der Waals surface area contributed by atoms with E-state index in [-0.39, 0.29) is 6.61 Å². The summed E-state index contributed by atoms with van der Waals surface area (Å²) in [6, 6.07) is 11.4. The van der Waals surface area contributed by atoms with Crippen LogP contribution in [0.2, 0.25) is 0 Å². The third kappa shape index (κ3) is 3.13. The summed E-state index contributed by atoms with van der Waals surface area (Å²) in [6.07, 6.45) is -3.13. The average Bonchev–Trinajstić information content (AvgIpc) is 2.68. The topological polar surface area (TPSA) is 27.1 Å². The SMILES string of the molecule is Cn1nc(COC(C)(F)F)cc1-c1ccccc1. The van der Waals surface area contributed by atoms with Crippen molar-refractivity contribution < 1.29 is 13.5 Å². The van der Waals surface area contributed by atoms with Crippen LogP contribution < -0.4 is 0 Å². The Hall–Kier alpha value is -1.75. The Labute approximate surface area is 104 Å². The lowest BCUT2D eigenvalue weighted by molar-refractivity contribution is -0.231. The van der Waals surface area contributed by atoms with Crippen LogP contribution in [0.1, 0.15) is 12.6 Å². The van der Waals surface area contributed by atoms with E-state index in [9.17, 15) is 8.78 Å². The highest BCUT2D eigenvalue weighted by atomic mass is 19.3. The third-order valence-corrected chi connectivity index (χ3v) is 2.47. The maximum atomic E-state index is 12.6. The van der Waals surface area contributed by atoms with Gasteiger partial charge in [-0.3, -0.25) is 4.68 Å². The van der Waals surface area contributed by atoms with Gasteiger partial charge in [0.25, 0.3) is 0 Å². The molecular weight excluding hydrogens is 238 g/mol. The molecule has 5 heteroatoms. The summed E-state index contributed by atoms with van der Waals surface area (Å²) in [4.78, 5) is 0. The molecule has 0 N–H and O–H groups in total. The van der Waals surface area contributed by atoms with Crippen molar-refractivity contribution in [2.24, 2.45) is 7.05 Å². The van der Waals surface area contributed by atoms with Crippen LogP contribution in [0.3, 0.4) is 0 Å². The minimum Gasteiger partial charge on any atom is -0.314 e. The number of alkyl halides is 2. The molecule has 0 radical (unpaired) electrons. The minimum absolute atomic E-state index is 0.204. The fourth-order valence-corrected chi connectivity index (χ4v) is 1.68. The van der Waals surface area contributed by atoms with Crippen LogP contribution in [-0.2, 0) is 18.4 Å². The molecule has 0 amide bonds. The molecule has 0 aliphatic carbocycles. The number of hydrogen-bond acceptors (Lipinski definition) is 2. The number of nitrogens with zero attached hydrogens (tertiary/aromatic N) is 2. The van der Waals surface area contributed by atoms with Crippen molar-refractivity contribution in [3.05, 3.63) is 42.1 Å². The molecule has 3 nitrogen and oxygen atoms in total. The van der Waals surface area contributed by atoms with E-state index in [1.165, 1.54) is 0 Å². The van der Waals surface area contributed by atoms with Gasteiger partial charge < -0.3 is 4.74 Å². The van der Waals surface area contributed by atoms with Crippen molar-refractivity contribution in [3.63, 3.8) is 0 Å². The van der Waals surface area contributed by atoms with Crippen molar-refractivity contribution in [2.75, 3.05) is 0 Å². The van der Waals surface area contributed by atoms with E-state index in [1.807, 2.05) is 30.3 Å². The average molecular weight is 252 g/mol. The van der Waals surface area contributed by atoms with Crippen molar-refractivity contribution in [1.29, 1.82) is 0 Å². The highest BCUT2D eigenvalue weighted by Crippen LogP contribution is 2.21. The molecule has 1 aromatic heterocycles. The molecule has 2 aromatic rings. The molecule has 0 aliphatic rings. The molecule has 0 aliphatic heterocycles. The third-order valence-electron chi connectivity index (χ3n) is 2.47. The number of hydrogen-bond donors (Lipinski definition) is 0. The molecule has 0 saturated carbocycles. The number of aromatic nitrogens is 2. The van der Waals surface area contributed by atoms with E-state index in [2.05, 4.69) is 9.84 Å². The molecule has 96 valence electrons. The Morgan fingerprint density at radius 3 is 2.56 bits per heavy atom. The van der Waals surface area contributed by atoms with Gasteiger partial charge in [-0.1, -0.05) is 30.3 Å². The van der Waals surface area contributed by atoms with Crippen LogP contribution in [0.4, 0.5) is 8.78 Å². The van der Waals surface area contributed by atoms with Crippen molar-refractivity contribution in [3.8, 4) is 11.3 Å². The number of aryl methyl sites for hydroxylation is 1. The second-order valence-corrected chi connectivity index (χ2v) is 4.11. The van der Waals surface area contributed by atoms with Gasteiger partial charge in [-0.15, -0.1) is 0 Å². The second kappa shape index (κ2) is 4.86. The maximum absolute atomic E-state index is 12.6. The normalized spacial score (nSPS) is 11.8. The molecule has 0 saturated heterocycles.